The van der Waals surface area contributed by atoms with Gasteiger partial charge in [-0.1, -0.05) is 0 Å². The molecule has 3 aliphatic rings. The predicted molar refractivity (Wildman–Crippen MR) is 84.3 cm³/mol. The number of hydrogen-bond acceptors (Lipinski definition) is 7. The molecule has 3 N–H and O–H groups in total. The fourth-order valence-electron chi connectivity index (χ4n) is 2.44. The molecule has 3 rings (SSSR count). The van der Waals surface area contributed by atoms with Crippen LogP contribution in [-0.2, 0) is 0 Å². The first-order valence-corrected chi connectivity index (χ1v) is 8.94. The van der Waals surface area contributed by atoms with Crippen LogP contribution in [0.5, 0.6) is 0 Å². The van der Waals surface area contributed by atoms with Crippen molar-refractivity contribution in [3.63, 3.8) is 0 Å². The summed E-state index contributed by atoms with van der Waals surface area (Å²) in [6.07, 6.45) is 6.72. The number of aliphatic imine (C=N–C) groups is 2. The number of hydrazine groups is 1. The van der Waals surface area contributed by atoms with E-state index in [4.69, 9.17) is 10.8 Å². The molecule has 1 fully saturated rings. The van der Waals surface area contributed by atoms with Crippen LogP contribution in [0.3, 0.4) is 0 Å². The van der Waals surface area contributed by atoms with Crippen LogP contribution in [-0.4, -0.2) is 47.7 Å². The van der Waals surface area contributed by atoms with Crippen molar-refractivity contribution < 1.29 is 0 Å². The highest BCUT2D eigenvalue weighted by Gasteiger charge is 2.40. The van der Waals surface area contributed by atoms with Gasteiger partial charge in [-0.15, -0.1) is 23.5 Å². The third-order valence-electron chi connectivity index (χ3n) is 3.54. The second-order valence-electron chi connectivity index (χ2n) is 4.84. The second kappa shape index (κ2) is 5.38. The van der Waals surface area contributed by atoms with Crippen molar-refractivity contribution in [2.24, 2.45) is 21.7 Å². The van der Waals surface area contributed by atoms with Crippen LogP contribution in [0.15, 0.2) is 20.6 Å². The van der Waals surface area contributed by atoms with E-state index in [0.717, 1.165) is 34.6 Å². The summed E-state index contributed by atoms with van der Waals surface area (Å²) in [5.74, 6) is 7.87. The maximum atomic E-state index is 6.31. The van der Waals surface area contributed by atoms with Gasteiger partial charge >= 0.3 is 0 Å². The van der Waals surface area contributed by atoms with Crippen molar-refractivity contribution in [3.8, 4) is 0 Å². The fourth-order valence-corrected chi connectivity index (χ4v) is 3.84. The van der Waals surface area contributed by atoms with Gasteiger partial charge in [0, 0.05) is 12.5 Å². The van der Waals surface area contributed by atoms with Crippen LogP contribution in [0.2, 0.25) is 0 Å². The summed E-state index contributed by atoms with van der Waals surface area (Å²) in [6.45, 7) is 1.73. The Balaban J connectivity index is 2.01. The Bertz CT molecular complexity index is 467. The highest BCUT2D eigenvalue weighted by atomic mass is 32.2. The van der Waals surface area contributed by atoms with Gasteiger partial charge in [0.15, 0.2) is 0 Å². The normalized spacial score (nSPS) is 27.3. The van der Waals surface area contributed by atoms with E-state index < -0.39 is 0 Å². The molecule has 0 saturated heterocycles. The molecule has 0 aromatic rings. The molecule has 1 atom stereocenters. The Morgan fingerprint density at radius 2 is 2.11 bits per heavy atom. The topological polar surface area (TPSA) is 66.0 Å². The van der Waals surface area contributed by atoms with Crippen molar-refractivity contribution in [2.45, 2.75) is 19.0 Å². The molecule has 5 nitrogen and oxygen atoms in total. The van der Waals surface area contributed by atoms with E-state index >= 15 is 0 Å². The lowest BCUT2D eigenvalue weighted by Gasteiger charge is -2.34. The number of nitrogens with zero attached hydrogens (tertiary/aromatic N) is 3. The zero-order chi connectivity index (χ0) is 13.4. The van der Waals surface area contributed by atoms with Crippen LogP contribution in [0, 0.1) is 5.92 Å². The quantitative estimate of drug-likeness (QED) is 0.768. The number of thioether (sulfide) groups is 2. The summed E-state index contributed by atoms with van der Waals surface area (Å²) in [6, 6.07) is 0. The molecule has 19 heavy (non-hydrogen) atoms. The lowest BCUT2D eigenvalue weighted by molar-refractivity contribution is 0.254. The number of nitrogens with one attached hydrogen (secondary N) is 1. The van der Waals surface area contributed by atoms with Gasteiger partial charge in [-0.3, -0.25) is 15.0 Å². The molecule has 0 aromatic heterocycles. The number of hydrogen-bond donors (Lipinski definition) is 2. The molecule has 7 heteroatoms. The summed E-state index contributed by atoms with van der Waals surface area (Å²) < 4.78 is 0. The maximum Gasteiger partial charge on any atom is 0.139 e. The van der Waals surface area contributed by atoms with E-state index in [0.29, 0.717) is 5.92 Å². The van der Waals surface area contributed by atoms with Crippen LogP contribution in [0.1, 0.15) is 12.8 Å². The SMILES string of the molecule is CSC1=NC(C2CC2)N(N)C(SC)=C1C1=NCCN1. The first kappa shape index (κ1) is 13.3. The Hall–Kier alpha value is -0.660. The van der Waals surface area contributed by atoms with E-state index in [1.807, 2.05) is 5.01 Å². The Morgan fingerprint density at radius 3 is 2.63 bits per heavy atom. The van der Waals surface area contributed by atoms with E-state index in [1.165, 1.54) is 12.8 Å². The largest absolute Gasteiger partial charge is 0.368 e. The standard InChI is InChI=1S/C12H19N5S2/c1-18-11-8(9-14-5-6-15-9)12(19-2)17(13)10(16-11)7-3-4-7/h7,10H,3-6,13H2,1-2H3,(H,14,15). The minimum atomic E-state index is 0.107. The van der Waals surface area contributed by atoms with Gasteiger partial charge in [0.1, 0.15) is 22.1 Å². The molecule has 0 aromatic carbocycles. The summed E-state index contributed by atoms with van der Waals surface area (Å²) in [7, 11) is 0. The monoisotopic (exact) mass is 297 g/mol. The van der Waals surface area contributed by atoms with E-state index in [9.17, 15) is 0 Å². The molecular formula is C12H19N5S2. The summed E-state index contributed by atoms with van der Waals surface area (Å²) in [4.78, 5) is 9.39. The fraction of sp³-hybridized carbons (Fsp3) is 0.667. The van der Waals surface area contributed by atoms with Crippen LogP contribution >= 0.6 is 23.5 Å². The molecule has 1 unspecified atom stereocenters. The Labute approximate surface area is 122 Å². The van der Waals surface area contributed by atoms with Crippen molar-refractivity contribution in [1.29, 1.82) is 0 Å². The molecule has 0 radical (unpaired) electrons. The maximum absolute atomic E-state index is 6.31. The Morgan fingerprint density at radius 1 is 1.32 bits per heavy atom. The Kier molecular flexibility index (Phi) is 3.77. The van der Waals surface area contributed by atoms with Gasteiger partial charge in [-0.05, 0) is 25.4 Å². The smallest absolute Gasteiger partial charge is 0.139 e. The van der Waals surface area contributed by atoms with Gasteiger partial charge in [0.2, 0.25) is 0 Å². The summed E-state index contributed by atoms with van der Waals surface area (Å²) in [5.41, 5.74) is 1.08. The predicted octanol–water partition coefficient (Wildman–Crippen LogP) is 1.25. The van der Waals surface area contributed by atoms with Crippen LogP contribution in [0.25, 0.3) is 0 Å². The number of rotatable bonds is 3. The van der Waals surface area contributed by atoms with Gasteiger partial charge < -0.3 is 5.32 Å². The zero-order valence-electron chi connectivity index (χ0n) is 11.2. The first-order chi connectivity index (χ1) is 9.26. The van der Waals surface area contributed by atoms with E-state index in [-0.39, 0.29) is 6.17 Å². The highest BCUT2D eigenvalue weighted by molar-refractivity contribution is 8.14. The average Bonchev–Trinajstić information content (AvgIpc) is 3.13. The lowest BCUT2D eigenvalue weighted by atomic mass is 10.2. The third-order valence-corrected chi connectivity index (χ3v) is 5.04. The van der Waals surface area contributed by atoms with Crippen LogP contribution in [0.4, 0.5) is 0 Å². The van der Waals surface area contributed by atoms with Gasteiger partial charge in [0.25, 0.3) is 0 Å². The van der Waals surface area contributed by atoms with Gasteiger partial charge in [-0.2, -0.15) is 0 Å². The minimum Gasteiger partial charge on any atom is -0.368 e. The first-order valence-electron chi connectivity index (χ1n) is 6.49. The molecule has 2 heterocycles. The zero-order valence-corrected chi connectivity index (χ0v) is 12.9. The van der Waals surface area contributed by atoms with Gasteiger partial charge in [-0.25, -0.2) is 5.84 Å². The molecule has 0 amide bonds. The van der Waals surface area contributed by atoms with Crippen LogP contribution < -0.4 is 11.2 Å². The summed E-state index contributed by atoms with van der Waals surface area (Å²) in [5, 5.41) is 7.34. The molecule has 1 saturated carbocycles. The van der Waals surface area contributed by atoms with E-state index in [1.54, 1.807) is 23.5 Å². The number of amidine groups is 1. The highest BCUT2D eigenvalue weighted by Crippen LogP contribution is 2.41. The van der Waals surface area contributed by atoms with E-state index in [2.05, 4.69) is 22.8 Å². The third kappa shape index (κ3) is 2.39. The minimum absolute atomic E-state index is 0.107. The molecule has 0 bridgehead atoms. The average molecular weight is 297 g/mol. The molecular weight excluding hydrogens is 278 g/mol. The molecule has 0 spiro atoms. The molecule has 2 aliphatic heterocycles. The van der Waals surface area contributed by atoms with Crippen molar-refractivity contribution >= 4 is 34.4 Å². The van der Waals surface area contributed by atoms with Crippen molar-refractivity contribution in [2.75, 3.05) is 25.6 Å². The lowest BCUT2D eigenvalue weighted by Crippen LogP contribution is -2.45. The van der Waals surface area contributed by atoms with Crippen molar-refractivity contribution in [1.82, 2.24) is 10.3 Å². The second-order valence-corrected chi connectivity index (χ2v) is 6.43. The number of nitrogens with two attached hydrogens (primary N) is 1. The molecule has 1 aliphatic carbocycles. The van der Waals surface area contributed by atoms with Gasteiger partial charge in [0.05, 0.1) is 12.1 Å². The summed E-state index contributed by atoms with van der Waals surface area (Å²) >= 11 is 3.37. The van der Waals surface area contributed by atoms with Crippen molar-refractivity contribution in [3.05, 3.63) is 10.6 Å². The molecule has 104 valence electrons.